The number of benzene rings is 4. The zero-order chi connectivity index (χ0) is 29.6. The lowest BCUT2D eigenvalue weighted by atomic mass is 10.2. The zero-order valence-corrected chi connectivity index (χ0v) is 27.2. The van der Waals surface area contributed by atoms with Gasteiger partial charge < -0.3 is 9.47 Å². The van der Waals surface area contributed by atoms with E-state index in [-0.39, 0.29) is 0 Å². The number of nitrogens with one attached hydrogen (secondary N) is 2. The second-order valence-electron chi connectivity index (χ2n) is 8.79. The number of rotatable bonds is 6. The molecule has 8 nitrogen and oxygen atoms in total. The van der Waals surface area contributed by atoms with Gasteiger partial charge in [0.2, 0.25) is 0 Å². The van der Waals surface area contributed by atoms with Gasteiger partial charge in [0.15, 0.2) is 21.2 Å². The van der Waals surface area contributed by atoms with Gasteiger partial charge in [-0.1, -0.05) is 31.9 Å². The molecule has 212 valence electrons. The summed E-state index contributed by atoms with van der Waals surface area (Å²) in [5.74, 6) is 3.15. The minimum atomic E-state index is 0.558. The molecule has 0 aliphatic carbocycles. The van der Waals surface area contributed by atoms with Crippen LogP contribution in [0.4, 0.5) is 0 Å². The first-order chi connectivity index (χ1) is 20.4. The van der Waals surface area contributed by atoms with E-state index in [2.05, 4.69) is 52.3 Å². The molecule has 0 aliphatic rings. The minimum Gasteiger partial charge on any atom is -0.497 e. The molecule has 42 heavy (non-hydrogen) atoms. The average molecular weight is 725 g/mol. The molecule has 0 saturated heterocycles. The van der Waals surface area contributed by atoms with Crippen LogP contribution in [0, 0.1) is 9.54 Å². The van der Waals surface area contributed by atoms with Crippen LogP contribution in [0.1, 0.15) is 0 Å². The summed E-state index contributed by atoms with van der Waals surface area (Å²) in [6.07, 6.45) is 0. The van der Waals surface area contributed by atoms with Crippen molar-refractivity contribution in [2.45, 2.75) is 0 Å². The summed E-state index contributed by atoms with van der Waals surface area (Å²) in [6, 6.07) is 31.3. The molecule has 0 bridgehead atoms. The Hall–Kier alpha value is -3.84. The fourth-order valence-electron chi connectivity index (χ4n) is 4.12. The Morgan fingerprint density at radius 3 is 1.19 bits per heavy atom. The predicted molar refractivity (Wildman–Crippen MR) is 177 cm³/mol. The molecule has 4 aromatic carbocycles. The van der Waals surface area contributed by atoms with E-state index in [4.69, 9.17) is 33.9 Å². The van der Waals surface area contributed by atoms with Gasteiger partial charge in [0.25, 0.3) is 0 Å². The maximum atomic E-state index is 5.34. The molecule has 2 aromatic heterocycles. The maximum Gasteiger partial charge on any atom is 0.200 e. The van der Waals surface area contributed by atoms with Crippen molar-refractivity contribution in [1.82, 2.24) is 29.5 Å². The lowest BCUT2D eigenvalue weighted by Gasteiger charge is -2.07. The monoisotopic (exact) mass is 722 g/mol. The van der Waals surface area contributed by atoms with Crippen molar-refractivity contribution in [1.29, 1.82) is 0 Å². The molecular weight excluding hydrogens is 700 g/mol. The molecule has 12 heteroatoms. The van der Waals surface area contributed by atoms with Crippen LogP contribution < -0.4 is 9.47 Å². The molecule has 0 amide bonds. The largest absolute Gasteiger partial charge is 0.497 e. The van der Waals surface area contributed by atoms with Gasteiger partial charge >= 0.3 is 0 Å². The van der Waals surface area contributed by atoms with E-state index in [1.807, 2.05) is 106 Å². The smallest absolute Gasteiger partial charge is 0.200 e. The van der Waals surface area contributed by atoms with Crippen molar-refractivity contribution in [3.8, 4) is 45.6 Å². The van der Waals surface area contributed by atoms with Crippen LogP contribution in [0.3, 0.4) is 0 Å². The van der Waals surface area contributed by atoms with Gasteiger partial charge in [0.1, 0.15) is 11.5 Å². The van der Waals surface area contributed by atoms with E-state index in [1.165, 1.54) is 0 Å². The van der Waals surface area contributed by atoms with Crippen molar-refractivity contribution >= 4 is 56.3 Å². The van der Waals surface area contributed by atoms with Crippen molar-refractivity contribution < 1.29 is 9.47 Å². The van der Waals surface area contributed by atoms with Gasteiger partial charge in [-0.15, -0.1) is 0 Å². The Bertz CT molecular complexity index is 1750. The lowest BCUT2D eigenvalue weighted by Crippen LogP contribution is -1.97. The number of methoxy groups -OCH3 is 2. The molecule has 6 rings (SSSR count). The van der Waals surface area contributed by atoms with Crippen LogP contribution in [-0.4, -0.2) is 43.7 Å². The van der Waals surface area contributed by atoms with E-state index in [1.54, 1.807) is 14.2 Å². The number of aromatic amines is 2. The summed E-state index contributed by atoms with van der Waals surface area (Å²) in [5.41, 5.74) is 3.85. The number of ether oxygens (including phenoxy) is 2. The van der Waals surface area contributed by atoms with Gasteiger partial charge in [0, 0.05) is 20.1 Å². The number of H-pyrrole nitrogens is 2. The first kappa shape index (κ1) is 29.6. The third-order valence-electron chi connectivity index (χ3n) is 6.21. The van der Waals surface area contributed by atoms with Crippen molar-refractivity contribution in [3.63, 3.8) is 0 Å². The summed E-state index contributed by atoms with van der Waals surface area (Å²) < 4.78 is 17.3. The number of nitrogens with zero attached hydrogens (tertiary/aromatic N) is 4. The van der Waals surface area contributed by atoms with Crippen molar-refractivity contribution in [2.24, 2.45) is 0 Å². The normalized spacial score (nSPS) is 10.6. The van der Waals surface area contributed by atoms with Gasteiger partial charge in [-0.05, 0) is 121 Å². The first-order valence-corrected chi connectivity index (χ1v) is 14.9. The topological polar surface area (TPSA) is 85.7 Å². The van der Waals surface area contributed by atoms with Gasteiger partial charge in [-0.25, -0.2) is 0 Å². The molecular formula is C30H24Br2N6O2S2. The third-order valence-corrected chi connectivity index (χ3v) is 7.82. The van der Waals surface area contributed by atoms with Crippen LogP contribution in [0.15, 0.2) is 106 Å². The van der Waals surface area contributed by atoms with E-state index in [0.29, 0.717) is 9.54 Å². The number of halogens is 2. The van der Waals surface area contributed by atoms with E-state index in [9.17, 15) is 0 Å². The highest BCUT2D eigenvalue weighted by Gasteiger charge is 2.12. The fraction of sp³-hybridized carbons (Fsp3) is 0.0667. The Kier molecular flexibility index (Phi) is 9.48. The predicted octanol–water partition coefficient (Wildman–Crippen LogP) is 8.74. The van der Waals surface area contributed by atoms with Crippen LogP contribution in [0.5, 0.6) is 11.5 Å². The lowest BCUT2D eigenvalue weighted by molar-refractivity contribution is 0.414. The highest BCUT2D eigenvalue weighted by Crippen LogP contribution is 2.26. The highest BCUT2D eigenvalue weighted by atomic mass is 79.9. The molecule has 0 spiro atoms. The molecule has 0 unspecified atom stereocenters. The molecule has 6 aromatic rings. The minimum absolute atomic E-state index is 0.558. The first-order valence-electron chi connectivity index (χ1n) is 12.5. The molecule has 2 heterocycles. The number of hydrogen-bond acceptors (Lipinski definition) is 6. The van der Waals surface area contributed by atoms with Crippen molar-refractivity contribution in [3.05, 3.63) is 116 Å². The quantitative estimate of drug-likeness (QED) is 0.167. The molecule has 0 aliphatic heterocycles. The second kappa shape index (κ2) is 13.4. The van der Waals surface area contributed by atoms with Crippen LogP contribution in [0.2, 0.25) is 0 Å². The van der Waals surface area contributed by atoms with Crippen LogP contribution >= 0.6 is 56.3 Å². The maximum absolute atomic E-state index is 5.34. The Balaban J connectivity index is 0.000000168. The summed E-state index contributed by atoms with van der Waals surface area (Å²) in [7, 11) is 3.29. The Labute approximate surface area is 269 Å². The second-order valence-corrected chi connectivity index (χ2v) is 11.4. The molecule has 0 saturated carbocycles. The van der Waals surface area contributed by atoms with E-state index >= 15 is 0 Å². The number of aromatic nitrogens is 6. The van der Waals surface area contributed by atoms with Gasteiger partial charge in [-0.3, -0.25) is 19.3 Å². The standard InChI is InChI=1S/2C15H12BrN3OS/c2*1-20-13-8-2-10(3-9-13)14-17-18-15(21)19(14)12-6-4-11(16)5-7-12/h2*2-9H,1H3,(H,18,21). The summed E-state index contributed by atoms with van der Waals surface area (Å²) in [5, 5.41) is 14.4. The zero-order valence-electron chi connectivity index (χ0n) is 22.4. The Morgan fingerprint density at radius 1 is 0.548 bits per heavy atom. The SMILES string of the molecule is COc1ccc(-c2n[nH]c(=S)n2-c2ccc(Br)cc2)cc1.COc1ccc(-c2n[nH]c(=S)n2-c2ccc(Br)cc2)cc1. The fourth-order valence-corrected chi connectivity index (χ4v) is 5.12. The van der Waals surface area contributed by atoms with Crippen molar-refractivity contribution in [2.75, 3.05) is 14.2 Å². The molecule has 0 atom stereocenters. The summed E-state index contributed by atoms with van der Waals surface area (Å²) in [6.45, 7) is 0. The van der Waals surface area contributed by atoms with E-state index < -0.39 is 0 Å². The summed E-state index contributed by atoms with van der Waals surface area (Å²) >= 11 is 17.6. The van der Waals surface area contributed by atoms with Crippen LogP contribution in [-0.2, 0) is 0 Å². The van der Waals surface area contributed by atoms with Gasteiger partial charge in [-0.2, -0.15) is 10.2 Å². The molecule has 0 fully saturated rings. The Morgan fingerprint density at radius 2 is 0.881 bits per heavy atom. The van der Waals surface area contributed by atoms with Gasteiger partial charge in [0.05, 0.1) is 25.6 Å². The average Bonchev–Trinajstić information content (AvgIpc) is 3.61. The molecule has 2 N–H and O–H groups in total. The highest BCUT2D eigenvalue weighted by molar-refractivity contribution is 9.10. The summed E-state index contributed by atoms with van der Waals surface area (Å²) in [4.78, 5) is 0. The molecule has 0 radical (unpaired) electrons. The van der Waals surface area contributed by atoms with Crippen LogP contribution in [0.25, 0.3) is 34.2 Å². The van der Waals surface area contributed by atoms with E-state index in [0.717, 1.165) is 54.6 Å². The number of hydrogen-bond donors (Lipinski definition) is 2. The third kappa shape index (κ3) is 6.62.